The van der Waals surface area contributed by atoms with Gasteiger partial charge in [-0.3, -0.25) is 9.59 Å². The van der Waals surface area contributed by atoms with Crippen LogP contribution in [-0.2, 0) is 11.2 Å². The standard InChI is InChI=1S/C16H23NO3/c1-3-5-12-7-9-13(10-8-12)15(18)17-11-14(6-4-2)16(19)20/h7-10,14H,3-6,11H2,1-2H3,(H,17,18)(H,19,20). The second-order valence-electron chi connectivity index (χ2n) is 4.98. The summed E-state index contributed by atoms with van der Waals surface area (Å²) < 4.78 is 0. The molecule has 0 aliphatic rings. The van der Waals surface area contributed by atoms with Crippen LogP contribution >= 0.6 is 0 Å². The molecule has 4 nitrogen and oxygen atoms in total. The van der Waals surface area contributed by atoms with Crippen LogP contribution in [0.25, 0.3) is 0 Å². The van der Waals surface area contributed by atoms with E-state index < -0.39 is 11.9 Å². The van der Waals surface area contributed by atoms with E-state index in [0.717, 1.165) is 19.3 Å². The summed E-state index contributed by atoms with van der Waals surface area (Å²) in [6.45, 7) is 4.23. The van der Waals surface area contributed by atoms with Gasteiger partial charge in [-0.25, -0.2) is 0 Å². The first-order valence-electron chi connectivity index (χ1n) is 7.18. The van der Waals surface area contributed by atoms with E-state index in [9.17, 15) is 9.59 Å². The molecule has 0 aromatic heterocycles. The molecule has 0 radical (unpaired) electrons. The van der Waals surface area contributed by atoms with Crippen LogP contribution in [-0.4, -0.2) is 23.5 Å². The molecule has 0 fully saturated rings. The smallest absolute Gasteiger partial charge is 0.308 e. The van der Waals surface area contributed by atoms with Crippen LogP contribution in [0.15, 0.2) is 24.3 Å². The number of nitrogens with one attached hydrogen (secondary N) is 1. The molecule has 2 N–H and O–H groups in total. The molecule has 0 saturated carbocycles. The second kappa shape index (κ2) is 8.35. The van der Waals surface area contributed by atoms with Gasteiger partial charge in [-0.1, -0.05) is 38.8 Å². The Balaban J connectivity index is 2.55. The number of carbonyl (C=O) groups excluding carboxylic acids is 1. The Morgan fingerprint density at radius 3 is 2.30 bits per heavy atom. The van der Waals surface area contributed by atoms with Gasteiger partial charge in [0.2, 0.25) is 0 Å². The average molecular weight is 277 g/mol. The van der Waals surface area contributed by atoms with E-state index in [4.69, 9.17) is 5.11 Å². The number of amides is 1. The molecule has 1 amide bonds. The van der Waals surface area contributed by atoms with Gasteiger partial charge in [0.1, 0.15) is 0 Å². The van der Waals surface area contributed by atoms with Gasteiger partial charge in [0.25, 0.3) is 5.91 Å². The van der Waals surface area contributed by atoms with Gasteiger partial charge in [0, 0.05) is 12.1 Å². The molecule has 0 heterocycles. The van der Waals surface area contributed by atoms with E-state index in [1.165, 1.54) is 5.56 Å². The largest absolute Gasteiger partial charge is 0.481 e. The fraction of sp³-hybridized carbons (Fsp3) is 0.500. The van der Waals surface area contributed by atoms with E-state index in [2.05, 4.69) is 12.2 Å². The first-order chi connectivity index (χ1) is 9.58. The Labute approximate surface area is 120 Å². The summed E-state index contributed by atoms with van der Waals surface area (Å²) in [5.74, 6) is -1.58. The molecule has 110 valence electrons. The second-order valence-corrected chi connectivity index (χ2v) is 4.98. The molecular formula is C16H23NO3. The Morgan fingerprint density at radius 1 is 1.15 bits per heavy atom. The summed E-state index contributed by atoms with van der Waals surface area (Å²) in [7, 11) is 0. The quantitative estimate of drug-likeness (QED) is 0.768. The van der Waals surface area contributed by atoms with Crippen molar-refractivity contribution >= 4 is 11.9 Å². The molecule has 0 spiro atoms. The third kappa shape index (κ3) is 5.03. The SMILES string of the molecule is CCCc1ccc(C(=O)NCC(CCC)C(=O)O)cc1. The summed E-state index contributed by atoms with van der Waals surface area (Å²) in [5, 5.41) is 11.7. The Kier molecular flexibility index (Phi) is 6.77. The van der Waals surface area contributed by atoms with Gasteiger partial charge < -0.3 is 10.4 Å². The summed E-state index contributed by atoms with van der Waals surface area (Å²) in [6.07, 6.45) is 3.44. The van der Waals surface area contributed by atoms with Gasteiger partial charge >= 0.3 is 5.97 Å². The average Bonchev–Trinajstić information content (AvgIpc) is 2.44. The lowest BCUT2D eigenvalue weighted by molar-refractivity contribution is -0.141. The third-order valence-corrected chi connectivity index (χ3v) is 3.25. The van der Waals surface area contributed by atoms with Crippen molar-refractivity contribution in [3.05, 3.63) is 35.4 Å². The van der Waals surface area contributed by atoms with Gasteiger partial charge in [-0.2, -0.15) is 0 Å². The summed E-state index contributed by atoms with van der Waals surface area (Å²) in [5.41, 5.74) is 1.78. The van der Waals surface area contributed by atoms with E-state index in [0.29, 0.717) is 12.0 Å². The number of rotatable bonds is 8. The highest BCUT2D eigenvalue weighted by Crippen LogP contribution is 2.08. The van der Waals surface area contributed by atoms with Crippen LogP contribution in [0.3, 0.4) is 0 Å². The van der Waals surface area contributed by atoms with E-state index in [-0.39, 0.29) is 12.5 Å². The van der Waals surface area contributed by atoms with Crippen molar-refractivity contribution in [2.24, 2.45) is 5.92 Å². The zero-order chi connectivity index (χ0) is 15.0. The van der Waals surface area contributed by atoms with Crippen molar-refractivity contribution in [1.29, 1.82) is 0 Å². The Bertz CT molecular complexity index is 440. The van der Waals surface area contributed by atoms with Gasteiger partial charge in [0.15, 0.2) is 0 Å². The zero-order valence-corrected chi connectivity index (χ0v) is 12.2. The van der Waals surface area contributed by atoms with E-state index in [1.54, 1.807) is 12.1 Å². The summed E-state index contributed by atoms with van der Waals surface area (Å²) in [6, 6.07) is 7.46. The number of aliphatic carboxylic acids is 1. The monoisotopic (exact) mass is 277 g/mol. The molecule has 1 unspecified atom stereocenters. The lowest BCUT2D eigenvalue weighted by Crippen LogP contribution is -2.32. The molecular weight excluding hydrogens is 254 g/mol. The van der Waals surface area contributed by atoms with Gasteiger partial charge in [-0.15, -0.1) is 0 Å². The predicted molar refractivity (Wildman–Crippen MR) is 78.8 cm³/mol. The number of hydrogen-bond donors (Lipinski definition) is 2. The number of hydrogen-bond acceptors (Lipinski definition) is 2. The maximum atomic E-state index is 11.9. The number of aryl methyl sites for hydroxylation is 1. The van der Waals surface area contributed by atoms with Crippen molar-refractivity contribution in [1.82, 2.24) is 5.32 Å². The maximum absolute atomic E-state index is 11.9. The van der Waals surface area contributed by atoms with Crippen LogP contribution in [0.4, 0.5) is 0 Å². The fourth-order valence-corrected chi connectivity index (χ4v) is 2.09. The Hall–Kier alpha value is -1.84. The van der Waals surface area contributed by atoms with Crippen LogP contribution in [0.1, 0.15) is 49.0 Å². The minimum absolute atomic E-state index is 0.179. The molecule has 1 aromatic rings. The van der Waals surface area contributed by atoms with Gasteiger partial charge in [0.05, 0.1) is 5.92 Å². The number of benzene rings is 1. The molecule has 0 bridgehead atoms. The van der Waals surface area contributed by atoms with E-state index in [1.807, 2.05) is 19.1 Å². The van der Waals surface area contributed by atoms with Crippen molar-refractivity contribution in [3.63, 3.8) is 0 Å². The molecule has 4 heteroatoms. The minimum atomic E-state index is -0.856. The minimum Gasteiger partial charge on any atom is -0.481 e. The molecule has 1 aromatic carbocycles. The zero-order valence-electron chi connectivity index (χ0n) is 12.2. The molecule has 20 heavy (non-hydrogen) atoms. The highest BCUT2D eigenvalue weighted by Gasteiger charge is 2.17. The topological polar surface area (TPSA) is 66.4 Å². The van der Waals surface area contributed by atoms with Crippen LogP contribution < -0.4 is 5.32 Å². The van der Waals surface area contributed by atoms with Crippen LogP contribution in [0.2, 0.25) is 0 Å². The normalized spacial score (nSPS) is 11.9. The number of carboxylic acids is 1. The summed E-state index contributed by atoms with van der Waals surface area (Å²) >= 11 is 0. The third-order valence-electron chi connectivity index (χ3n) is 3.25. The highest BCUT2D eigenvalue weighted by atomic mass is 16.4. The molecule has 0 saturated heterocycles. The molecule has 1 atom stereocenters. The first-order valence-corrected chi connectivity index (χ1v) is 7.18. The number of carbonyl (C=O) groups is 2. The van der Waals surface area contributed by atoms with Gasteiger partial charge in [-0.05, 0) is 30.5 Å². The fourth-order valence-electron chi connectivity index (χ4n) is 2.09. The van der Waals surface area contributed by atoms with Crippen molar-refractivity contribution in [2.45, 2.75) is 39.5 Å². The lowest BCUT2D eigenvalue weighted by Gasteiger charge is -2.12. The van der Waals surface area contributed by atoms with Crippen LogP contribution in [0.5, 0.6) is 0 Å². The van der Waals surface area contributed by atoms with Crippen molar-refractivity contribution in [2.75, 3.05) is 6.54 Å². The Morgan fingerprint density at radius 2 is 1.80 bits per heavy atom. The van der Waals surface area contributed by atoms with Crippen LogP contribution in [0, 0.1) is 5.92 Å². The highest BCUT2D eigenvalue weighted by molar-refractivity contribution is 5.94. The number of carboxylic acid groups (broad SMARTS) is 1. The van der Waals surface area contributed by atoms with Crippen molar-refractivity contribution in [3.8, 4) is 0 Å². The van der Waals surface area contributed by atoms with E-state index >= 15 is 0 Å². The van der Waals surface area contributed by atoms with Crippen molar-refractivity contribution < 1.29 is 14.7 Å². The molecule has 0 aliphatic carbocycles. The predicted octanol–water partition coefficient (Wildman–Crippen LogP) is 2.87. The maximum Gasteiger partial charge on any atom is 0.308 e. The molecule has 0 aliphatic heterocycles. The lowest BCUT2D eigenvalue weighted by atomic mass is 10.0. The molecule has 1 rings (SSSR count). The first kappa shape index (κ1) is 16.2. The summed E-state index contributed by atoms with van der Waals surface area (Å²) in [4.78, 5) is 22.9.